The van der Waals surface area contributed by atoms with Crippen LogP contribution in [0.5, 0.6) is 0 Å². The average Bonchev–Trinajstić information content (AvgIpc) is 2.59. The molecule has 0 radical (unpaired) electrons. The lowest BCUT2D eigenvalue weighted by Crippen LogP contribution is -2.41. The molecule has 1 heterocycles. The second-order valence-electron chi connectivity index (χ2n) is 5.76. The fraction of sp³-hybridized carbons (Fsp3) is 0.625. The third kappa shape index (κ3) is 6.14. The molecule has 0 amide bonds. The molecule has 1 aliphatic rings. The minimum Gasteiger partial charge on any atom is -0.399 e. The molecule has 124 valence electrons. The van der Waals surface area contributed by atoms with E-state index >= 15 is 0 Å². The van der Waals surface area contributed by atoms with Gasteiger partial charge in [0, 0.05) is 13.0 Å². The van der Waals surface area contributed by atoms with Gasteiger partial charge in [0.15, 0.2) is 0 Å². The van der Waals surface area contributed by atoms with E-state index in [2.05, 4.69) is 12.3 Å². The highest BCUT2D eigenvalue weighted by Gasteiger charge is 2.52. The molecule has 0 aromatic heterocycles. The summed E-state index contributed by atoms with van der Waals surface area (Å²) in [6, 6.07) is 0. The van der Waals surface area contributed by atoms with Crippen molar-refractivity contribution in [2.24, 2.45) is 0 Å². The van der Waals surface area contributed by atoms with Gasteiger partial charge in [-0.2, -0.15) is 0 Å². The monoisotopic (exact) mass is 330 g/mol. The van der Waals surface area contributed by atoms with Crippen molar-refractivity contribution in [1.29, 1.82) is 0 Å². The summed E-state index contributed by atoms with van der Waals surface area (Å²) in [7, 11) is 0.819. The fourth-order valence-electron chi connectivity index (χ4n) is 1.65. The van der Waals surface area contributed by atoms with E-state index in [4.69, 9.17) is 25.6 Å². The Labute approximate surface area is 139 Å². The molecule has 0 aromatic carbocycles. The molecule has 22 heavy (non-hydrogen) atoms. The number of halogens is 2. The highest BCUT2D eigenvalue weighted by Crippen LogP contribution is 2.38. The van der Waals surface area contributed by atoms with Crippen LogP contribution in [-0.2, 0) is 14.0 Å². The van der Waals surface area contributed by atoms with E-state index in [0.717, 1.165) is 0 Å². The Balaban J connectivity index is 0.00000135. The summed E-state index contributed by atoms with van der Waals surface area (Å²) in [6.45, 7) is 9.35. The Morgan fingerprint density at radius 3 is 2.14 bits per heavy atom. The molecule has 0 spiro atoms. The van der Waals surface area contributed by atoms with Gasteiger partial charge in [-0.3, -0.25) is 0 Å². The molecule has 0 bridgehead atoms. The standard InChI is InChI=1S/C13H21BClFO3.C3H4/c1-12(2)13(3,4)19-14(18-12)10(6-7-15)8-11(16)9-17-5;1-3-2/h6,8H,7,9H2,1-5H3;1H,2H3/b10-6+,11-8+;. The number of hydrogen-bond acceptors (Lipinski definition) is 3. The third-order valence-electron chi connectivity index (χ3n) is 3.44. The molecule has 3 nitrogen and oxygen atoms in total. The maximum atomic E-state index is 13.6. The van der Waals surface area contributed by atoms with Crippen molar-refractivity contribution in [3.05, 3.63) is 23.5 Å². The quantitative estimate of drug-likeness (QED) is 0.331. The number of terminal acetylenes is 1. The number of hydrogen-bond donors (Lipinski definition) is 0. The molecule has 0 atom stereocenters. The van der Waals surface area contributed by atoms with Gasteiger partial charge in [0.25, 0.3) is 0 Å². The Morgan fingerprint density at radius 1 is 1.32 bits per heavy atom. The lowest BCUT2D eigenvalue weighted by atomic mass is 9.77. The topological polar surface area (TPSA) is 27.7 Å². The molecule has 1 saturated heterocycles. The van der Waals surface area contributed by atoms with Crippen molar-refractivity contribution in [2.75, 3.05) is 19.6 Å². The van der Waals surface area contributed by atoms with E-state index in [9.17, 15) is 4.39 Å². The summed E-state index contributed by atoms with van der Waals surface area (Å²) in [5, 5.41) is 0. The molecule has 0 saturated carbocycles. The van der Waals surface area contributed by atoms with Crippen LogP contribution in [0, 0.1) is 12.3 Å². The second-order valence-corrected chi connectivity index (χ2v) is 6.07. The van der Waals surface area contributed by atoms with Gasteiger partial charge in [-0.15, -0.1) is 23.9 Å². The summed E-state index contributed by atoms with van der Waals surface area (Å²) in [6.07, 6.45) is 7.63. The zero-order valence-electron chi connectivity index (χ0n) is 14.2. The van der Waals surface area contributed by atoms with Crippen LogP contribution in [0.4, 0.5) is 4.39 Å². The molecule has 6 heteroatoms. The number of methoxy groups -OCH3 is 1. The number of alkyl halides is 1. The second kappa shape index (κ2) is 9.37. The van der Waals surface area contributed by atoms with Crippen LogP contribution in [0.25, 0.3) is 0 Å². The minimum atomic E-state index is -0.619. The first kappa shape index (κ1) is 21.2. The zero-order chi connectivity index (χ0) is 17.4. The van der Waals surface area contributed by atoms with Crippen molar-refractivity contribution in [3.63, 3.8) is 0 Å². The molecule has 0 unspecified atom stereocenters. The first-order valence-corrected chi connectivity index (χ1v) is 7.52. The van der Waals surface area contributed by atoms with Crippen molar-refractivity contribution in [3.8, 4) is 12.3 Å². The van der Waals surface area contributed by atoms with E-state index in [1.54, 1.807) is 13.0 Å². The summed E-state index contributed by atoms with van der Waals surface area (Å²) in [5.74, 6) is 2.12. The summed E-state index contributed by atoms with van der Waals surface area (Å²) < 4.78 is 30.0. The van der Waals surface area contributed by atoms with Gasteiger partial charge < -0.3 is 14.0 Å². The molecule has 1 aliphatic heterocycles. The predicted octanol–water partition coefficient (Wildman–Crippen LogP) is 3.92. The van der Waals surface area contributed by atoms with Gasteiger partial charge in [-0.25, -0.2) is 4.39 Å². The van der Waals surface area contributed by atoms with Crippen LogP contribution in [0.1, 0.15) is 34.6 Å². The van der Waals surface area contributed by atoms with Crippen molar-refractivity contribution < 1.29 is 18.4 Å². The van der Waals surface area contributed by atoms with Gasteiger partial charge in [0.1, 0.15) is 5.83 Å². The normalized spacial score (nSPS) is 20.2. The highest BCUT2D eigenvalue weighted by molar-refractivity contribution is 6.55. The van der Waals surface area contributed by atoms with Crippen molar-refractivity contribution >= 4 is 18.7 Å². The van der Waals surface area contributed by atoms with Gasteiger partial charge >= 0.3 is 7.12 Å². The Kier molecular flexibility index (Phi) is 9.03. The third-order valence-corrected chi connectivity index (χ3v) is 3.60. The molecule has 0 N–H and O–H groups in total. The van der Waals surface area contributed by atoms with E-state index in [1.165, 1.54) is 13.2 Å². The van der Waals surface area contributed by atoms with E-state index in [0.29, 0.717) is 5.47 Å². The molecule has 0 aliphatic carbocycles. The minimum absolute atomic E-state index is 0.0842. The van der Waals surface area contributed by atoms with Crippen LogP contribution in [0.15, 0.2) is 23.5 Å². The van der Waals surface area contributed by atoms with Gasteiger partial charge in [0.05, 0.1) is 17.8 Å². The van der Waals surface area contributed by atoms with Crippen LogP contribution in [0.2, 0.25) is 0 Å². The number of rotatable bonds is 5. The van der Waals surface area contributed by atoms with E-state index < -0.39 is 24.1 Å². The van der Waals surface area contributed by atoms with Crippen molar-refractivity contribution in [1.82, 2.24) is 0 Å². The van der Waals surface area contributed by atoms with Gasteiger partial charge in [-0.05, 0) is 46.2 Å². The first-order chi connectivity index (χ1) is 10.1. The predicted molar refractivity (Wildman–Crippen MR) is 90.5 cm³/mol. The Morgan fingerprint density at radius 2 is 1.77 bits per heavy atom. The Bertz CT molecular complexity index is 437. The molecular formula is C16H25BClFO3. The average molecular weight is 331 g/mol. The lowest BCUT2D eigenvalue weighted by molar-refractivity contribution is 0.00578. The van der Waals surface area contributed by atoms with E-state index in [-0.39, 0.29) is 12.5 Å². The van der Waals surface area contributed by atoms with E-state index in [1.807, 2.05) is 27.7 Å². The number of ether oxygens (including phenoxy) is 1. The number of allylic oxidation sites excluding steroid dienone is 3. The van der Waals surface area contributed by atoms with Crippen LogP contribution < -0.4 is 0 Å². The van der Waals surface area contributed by atoms with Crippen LogP contribution in [-0.4, -0.2) is 37.9 Å². The summed E-state index contributed by atoms with van der Waals surface area (Å²) in [4.78, 5) is 0. The largest absolute Gasteiger partial charge is 0.494 e. The fourth-order valence-corrected chi connectivity index (χ4v) is 1.83. The molecule has 0 aromatic rings. The molecule has 1 fully saturated rings. The summed E-state index contributed by atoms with van der Waals surface area (Å²) in [5.41, 5.74) is -0.355. The van der Waals surface area contributed by atoms with Gasteiger partial charge in [0.2, 0.25) is 0 Å². The van der Waals surface area contributed by atoms with Crippen molar-refractivity contribution in [2.45, 2.75) is 45.8 Å². The van der Waals surface area contributed by atoms with Crippen LogP contribution >= 0.6 is 11.6 Å². The van der Waals surface area contributed by atoms with Gasteiger partial charge in [-0.1, -0.05) is 6.08 Å². The summed E-state index contributed by atoms with van der Waals surface area (Å²) >= 11 is 5.71. The van der Waals surface area contributed by atoms with Crippen LogP contribution in [0.3, 0.4) is 0 Å². The maximum absolute atomic E-state index is 13.6. The molecule has 1 rings (SSSR count). The SMILES string of the molecule is C#CC.COC/C(F)=C\C(=C/CCl)B1OC(C)(C)C(C)(C)O1. The lowest BCUT2D eigenvalue weighted by Gasteiger charge is -2.32. The highest BCUT2D eigenvalue weighted by atomic mass is 35.5. The first-order valence-electron chi connectivity index (χ1n) is 6.99. The molecular weight excluding hydrogens is 305 g/mol. The maximum Gasteiger partial charge on any atom is 0.494 e. The smallest absolute Gasteiger partial charge is 0.399 e. The Hall–Kier alpha value is -0.795. The zero-order valence-corrected chi connectivity index (χ0v) is 15.0.